The average molecular weight is 870 g/mol. The van der Waals surface area contributed by atoms with Crippen molar-refractivity contribution >= 4 is 11.9 Å². The highest BCUT2D eigenvalue weighted by molar-refractivity contribution is 6.00. The van der Waals surface area contributed by atoms with Crippen LogP contribution in [0.25, 0.3) is 0 Å². The zero-order chi connectivity index (χ0) is 43.4. The lowest BCUT2D eigenvalue weighted by Crippen LogP contribution is -2.77. The van der Waals surface area contributed by atoms with E-state index in [1.54, 1.807) is 11.3 Å². The molecule has 0 aromatic heterocycles. The van der Waals surface area contributed by atoms with Crippen LogP contribution in [-0.2, 0) is 39.1 Å². The van der Waals surface area contributed by atoms with E-state index in [0.29, 0.717) is 48.2 Å². The minimum absolute atomic E-state index is 0.0808. The molecule has 15 bridgehead atoms. The lowest BCUT2D eigenvalue weighted by atomic mass is 9.29. The van der Waals surface area contributed by atoms with Gasteiger partial charge in [-0.3, -0.25) is 9.69 Å². The molecule has 6 aliphatic carbocycles. The summed E-state index contributed by atoms with van der Waals surface area (Å²) in [5.41, 5.74) is 16.2. The van der Waals surface area contributed by atoms with Crippen molar-refractivity contribution in [2.45, 2.75) is 134 Å². The molecule has 2 aromatic rings. The number of allylic oxidation sites excluding steroid dienone is 5. The van der Waals surface area contributed by atoms with E-state index >= 15 is 4.79 Å². The summed E-state index contributed by atoms with van der Waals surface area (Å²) in [7, 11) is 0. The van der Waals surface area contributed by atoms with E-state index in [2.05, 4.69) is 83.5 Å². The van der Waals surface area contributed by atoms with Gasteiger partial charge in [-0.25, -0.2) is 4.79 Å². The third-order valence-electron chi connectivity index (χ3n) is 20.3. The van der Waals surface area contributed by atoms with Gasteiger partial charge in [0.05, 0.1) is 17.0 Å². The van der Waals surface area contributed by atoms with Gasteiger partial charge in [-0.2, -0.15) is 0 Å². The van der Waals surface area contributed by atoms with Crippen LogP contribution in [0.1, 0.15) is 129 Å². The third kappa shape index (κ3) is 5.11. The molecular formula is C58H67N3O4. The van der Waals surface area contributed by atoms with Crippen molar-refractivity contribution in [3.8, 4) is 0 Å². The smallest absolute Gasteiger partial charge is 0.339 e. The molecule has 9 aliphatic heterocycles. The number of benzene rings is 2. The molecule has 2 N–H and O–H groups in total. The van der Waals surface area contributed by atoms with Crippen LogP contribution in [0.3, 0.4) is 0 Å². The van der Waals surface area contributed by atoms with Gasteiger partial charge in [0.2, 0.25) is 0 Å². The van der Waals surface area contributed by atoms with Gasteiger partial charge in [0, 0.05) is 48.8 Å². The average Bonchev–Trinajstić information content (AvgIpc) is 3.76. The summed E-state index contributed by atoms with van der Waals surface area (Å²) >= 11 is 0. The summed E-state index contributed by atoms with van der Waals surface area (Å²) in [4.78, 5) is 37.0. The van der Waals surface area contributed by atoms with Crippen molar-refractivity contribution in [3.05, 3.63) is 128 Å². The molecule has 7 heteroatoms. The van der Waals surface area contributed by atoms with E-state index < -0.39 is 16.4 Å². The molecule has 65 heavy (non-hydrogen) atoms. The first kappa shape index (κ1) is 39.9. The molecule has 2 aromatic carbocycles. The summed E-state index contributed by atoms with van der Waals surface area (Å²) in [5, 5.41) is 0. The van der Waals surface area contributed by atoms with Gasteiger partial charge in [-0.1, -0.05) is 104 Å². The van der Waals surface area contributed by atoms with Gasteiger partial charge in [0.1, 0.15) is 11.2 Å². The summed E-state index contributed by atoms with van der Waals surface area (Å²) < 4.78 is 14.5. The zero-order valence-corrected chi connectivity index (χ0v) is 38.5. The molecule has 1 unspecified atom stereocenters. The molecule has 3 spiro atoms. The SMILES string of the molecule is C[C@@H]1CC2=C3[C@H]4C5=C6C=C(Cc7cccc(c7)CCCC[C@H]7[C@]68C(=O)O/C(=C\C[C@@H](C6CCCCC6)N6C[C@H]9C[C@@H](C6)[C@H](C=C2)N3C9)[C@@]8(CC5)[C@]72OC(=O)c3c(CCCN)cccc32)[C@@H]41. The van der Waals surface area contributed by atoms with Gasteiger partial charge in [-0.15, -0.1) is 0 Å². The molecule has 12 atom stereocenters. The summed E-state index contributed by atoms with van der Waals surface area (Å²) in [6, 6.07) is 16.7. The fraction of sp³-hybridized carbons (Fsp3) is 0.586. The van der Waals surface area contributed by atoms with Gasteiger partial charge >= 0.3 is 11.9 Å². The highest BCUT2D eigenvalue weighted by Gasteiger charge is 2.92. The summed E-state index contributed by atoms with van der Waals surface area (Å²) in [6.45, 7) is 6.50. The number of aryl methyl sites for hydroxylation is 2. The molecule has 17 rings (SSSR count). The van der Waals surface area contributed by atoms with Crippen molar-refractivity contribution in [2.24, 2.45) is 58.0 Å². The molecule has 3 saturated heterocycles. The van der Waals surface area contributed by atoms with Crippen LogP contribution < -0.4 is 5.73 Å². The Hall–Kier alpha value is -4.20. The first-order valence-corrected chi connectivity index (χ1v) is 26.3. The summed E-state index contributed by atoms with van der Waals surface area (Å²) in [5.74, 6) is 3.16. The number of nitrogens with zero attached hydrogens (tertiary/aromatic N) is 2. The molecule has 5 fully saturated rings. The number of carbonyl (C=O) groups is 2. The number of hydrogen-bond acceptors (Lipinski definition) is 7. The Morgan fingerprint density at radius 3 is 2.68 bits per heavy atom. The molecule has 7 nitrogen and oxygen atoms in total. The number of nitrogens with two attached hydrogens (primary N) is 1. The van der Waals surface area contributed by atoms with Crippen molar-refractivity contribution in [3.63, 3.8) is 0 Å². The summed E-state index contributed by atoms with van der Waals surface area (Å²) in [6.07, 6.45) is 27.8. The molecule has 2 saturated carbocycles. The maximum atomic E-state index is 16.2. The second kappa shape index (κ2) is 14.4. The second-order valence-electron chi connectivity index (χ2n) is 23.1. The number of ether oxygens (including phenoxy) is 2. The molecule has 9 heterocycles. The first-order chi connectivity index (χ1) is 31.9. The number of piperidine rings is 2. The fourth-order valence-corrected chi connectivity index (χ4v) is 18.2. The van der Waals surface area contributed by atoms with E-state index in [0.717, 1.165) is 113 Å². The minimum atomic E-state index is -1.00. The molecule has 338 valence electrons. The second-order valence-corrected chi connectivity index (χ2v) is 23.1. The predicted octanol–water partition coefficient (Wildman–Crippen LogP) is 10.1. The number of carbonyl (C=O) groups excluding carboxylic acids is 2. The topological polar surface area (TPSA) is 85.1 Å². The Morgan fingerprint density at radius 2 is 1.78 bits per heavy atom. The standard InChI is InChI=1S/C58H67N3O4/c1-34-26-40-19-20-47-42-29-37-31-60(33-42)46(38-13-3-2-4-14-38)21-22-49-56-24-23-43-45-30-41(50(34)52(43)53(40)61(47)32-37)28-36-12-7-11-35(27-36)10-5-6-18-48(57(45,56)55(63)64-49)58(56)44-17-8-15-39(16-9-25-59)51(44)54(62)65-58/h7-8,11-12,15,17,19-20,22,27,30,34,37-38,42,46-48,50,52H,2-6,9-10,13-14,16,18,21,23-26,28-29,31-33,59H2,1H3/b49-22-/t34-,37-,42+,46+,47+,48+,50+,52+,56-,57+,58-/m1/s1. The van der Waals surface area contributed by atoms with Crippen molar-refractivity contribution in [2.75, 3.05) is 26.2 Å². The van der Waals surface area contributed by atoms with Crippen molar-refractivity contribution in [1.29, 1.82) is 0 Å². The van der Waals surface area contributed by atoms with Gasteiger partial charge in [0.15, 0.2) is 5.60 Å². The van der Waals surface area contributed by atoms with Crippen LogP contribution in [0, 0.1) is 52.3 Å². The Labute approximate surface area is 385 Å². The largest absolute Gasteiger partial charge is 0.449 e. The third-order valence-corrected chi connectivity index (χ3v) is 20.3. The first-order valence-electron chi connectivity index (χ1n) is 26.3. The lowest BCUT2D eigenvalue weighted by Gasteiger charge is -2.71. The van der Waals surface area contributed by atoms with Crippen molar-refractivity contribution < 1.29 is 19.1 Å². The monoisotopic (exact) mass is 870 g/mol. The van der Waals surface area contributed by atoms with Crippen LogP contribution in [0.5, 0.6) is 0 Å². The molecular weight excluding hydrogens is 803 g/mol. The maximum absolute atomic E-state index is 16.2. The minimum Gasteiger partial charge on any atom is -0.449 e. The quantitative estimate of drug-likeness (QED) is 0.307. The van der Waals surface area contributed by atoms with Crippen LogP contribution in [0.4, 0.5) is 0 Å². The molecule has 0 amide bonds. The number of esters is 2. The number of rotatable bonds is 4. The van der Waals surface area contributed by atoms with Crippen molar-refractivity contribution in [1.82, 2.24) is 9.80 Å². The van der Waals surface area contributed by atoms with Crippen LogP contribution in [0.15, 0.2) is 101 Å². The van der Waals surface area contributed by atoms with Crippen LogP contribution in [-0.4, -0.2) is 60.0 Å². The van der Waals surface area contributed by atoms with Gasteiger partial charge in [-0.05, 0) is 154 Å². The highest BCUT2D eigenvalue weighted by Crippen LogP contribution is 2.87. The van der Waals surface area contributed by atoms with E-state index in [-0.39, 0.29) is 23.8 Å². The van der Waals surface area contributed by atoms with E-state index in [1.165, 1.54) is 66.4 Å². The highest BCUT2D eigenvalue weighted by atomic mass is 16.6. The maximum Gasteiger partial charge on any atom is 0.339 e. The Morgan fingerprint density at radius 1 is 0.923 bits per heavy atom. The van der Waals surface area contributed by atoms with Gasteiger partial charge < -0.3 is 20.1 Å². The number of fused-ring (bicyclic) bond motifs is 6. The van der Waals surface area contributed by atoms with Crippen LogP contribution in [0.2, 0.25) is 0 Å². The van der Waals surface area contributed by atoms with E-state index in [4.69, 9.17) is 15.2 Å². The number of hydrogen-bond donors (Lipinski definition) is 1. The molecule has 0 radical (unpaired) electrons. The molecule has 15 aliphatic rings. The Bertz CT molecular complexity index is 2580. The van der Waals surface area contributed by atoms with Crippen LogP contribution >= 0.6 is 0 Å². The lowest BCUT2D eigenvalue weighted by molar-refractivity contribution is -0.275. The zero-order valence-electron chi connectivity index (χ0n) is 38.5. The fourth-order valence-electron chi connectivity index (χ4n) is 18.2. The van der Waals surface area contributed by atoms with E-state index in [9.17, 15) is 4.79 Å². The van der Waals surface area contributed by atoms with E-state index in [1.807, 2.05) is 0 Å². The predicted molar refractivity (Wildman–Crippen MR) is 251 cm³/mol. The normalized spacial score (nSPS) is 41.5. The Kier molecular flexibility index (Phi) is 8.85. The Balaban J connectivity index is 1.06. The van der Waals surface area contributed by atoms with Gasteiger partial charge in [0.25, 0.3) is 0 Å².